The maximum absolute atomic E-state index is 11.7. The van der Waals surface area contributed by atoms with Gasteiger partial charge in [0.05, 0.1) is 6.42 Å². The molecule has 2 nitrogen and oxygen atoms in total. The number of carbonyl (C=O) groups is 1. The third kappa shape index (κ3) is 11.5. The van der Waals surface area contributed by atoms with Crippen molar-refractivity contribution in [2.45, 2.75) is 38.3 Å². The van der Waals surface area contributed by atoms with Crippen LogP contribution in [0.3, 0.4) is 0 Å². The quantitative estimate of drug-likeness (QED) is 0.542. The molecule has 0 aromatic heterocycles. The summed E-state index contributed by atoms with van der Waals surface area (Å²) in [7, 11) is 0. The molecule has 15 heavy (non-hydrogen) atoms. The van der Waals surface area contributed by atoms with Crippen LogP contribution in [-0.4, -0.2) is 24.5 Å². The van der Waals surface area contributed by atoms with E-state index in [0.717, 1.165) is 19.3 Å². The first-order valence-corrected chi connectivity index (χ1v) is 5.38. The van der Waals surface area contributed by atoms with Crippen LogP contribution in [0.1, 0.15) is 32.1 Å². The Kier molecular flexibility index (Phi) is 7.56. The lowest BCUT2D eigenvalue weighted by atomic mass is 10.2. The molecule has 0 saturated heterocycles. The van der Waals surface area contributed by atoms with Crippen molar-refractivity contribution in [1.82, 2.24) is 5.32 Å². The number of hydrogen-bond acceptors (Lipinski definition) is 1. The van der Waals surface area contributed by atoms with Crippen molar-refractivity contribution in [3.05, 3.63) is 0 Å². The summed E-state index contributed by atoms with van der Waals surface area (Å²) < 4.78 is 35.1. The maximum Gasteiger partial charge on any atom is 0.389 e. The molecular weight excluding hydrogens is 231 g/mol. The normalized spacial score (nSPS) is 11.5. The minimum Gasteiger partial charge on any atom is -0.356 e. The number of halogens is 4. The third-order valence-electron chi connectivity index (χ3n) is 1.77. The highest BCUT2D eigenvalue weighted by Crippen LogP contribution is 2.20. The molecule has 0 rings (SSSR count). The van der Waals surface area contributed by atoms with E-state index in [1.165, 1.54) is 0 Å². The molecule has 0 heterocycles. The second-order valence-electron chi connectivity index (χ2n) is 3.21. The number of amides is 1. The van der Waals surface area contributed by atoms with Crippen molar-refractivity contribution in [1.29, 1.82) is 0 Å². The summed E-state index contributed by atoms with van der Waals surface area (Å²) in [6, 6.07) is 0. The third-order valence-corrected chi connectivity index (χ3v) is 2.04. The van der Waals surface area contributed by atoms with E-state index in [4.69, 9.17) is 11.6 Å². The van der Waals surface area contributed by atoms with Crippen LogP contribution in [0.25, 0.3) is 0 Å². The van der Waals surface area contributed by atoms with E-state index in [1.807, 2.05) is 0 Å². The van der Waals surface area contributed by atoms with Gasteiger partial charge in [-0.2, -0.15) is 13.2 Å². The number of nitrogens with one attached hydrogen (secondary N) is 1. The molecular formula is C9H15ClF3NO. The van der Waals surface area contributed by atoms with Crippen molar-refractivity contribution in [3.63, 3.8) is 0 Å². The number of carbonyl (C=O) groups excluding carboxylic acids is 1. The first-order valence-electron chi connectivity index (χ1n) is 4.85. The molecule has 0 unspecified atom stereocenters. The van der Waals surface area contributed by atoms with Crippen molar-refractivity contribution >= 4 is 17.5 Å². The summed E-state index contributed by atoms with van der Waals surface area (Å²) in [5.74, 6) is 0.0281. The van der Waals surface area contributed by atoms with Crippen molar-refractivity contribution < 1.29 is 18.0 Å². The largest absolute Gasteiger partial charge is 0.389 e. The van der Waals surface area contributed by atoms with Crippen molar-refractivity contribution in [2.75, 3.05) is 12.4 Å². The maximum atomic E-state index is 11.7. The highest BCUT2D eigenvalue weighted by atomic mass is 35.5. The lowest BCUT2D eigenvalue weighted by Gasteiger charge is -2.06. The van der Waals surface area contributed by atoms with E-state index in [0.29, 0.717) is 12.4 Å². The van der Waals surface area contributed by atoms with Gasteiger partial charge in [0.15, 0.2) is 0 Å². The van der Waals surface area contributed by atoms with Gasteiger partial charge in [-0.15, -0.1) is 11.6 Å². The zero-order valence-electron chi connectivity index (χ0n) is 8.37. The summed E-state index contributed by atoms with van der Waals surface area (Å²) in [6.07, 6.45) is -3.30. The fourth-order valence-electron chi connectivity index (χ4n) is 0.968. The number of alkyl halides is 4. The molecule has 0 saturated carbocycles. The topological polar surface area (TPSA) is 29.1 Å². The molecule has 0 fully saturated rings. The van der Waals surface area contributed by atoms with Crippen LogP contribution in [0, 0.1) is 0 Å². The highest BCUT2D eigenvalue weighted by molar-refractivity contribution is 6.17. The molecule has 0 spiro atoms. The minimum absolute atomic E-state index is 0.424. The van der Waals surface area contributed by atoms with Crippen molar-refractivity contribution in [3.8, 4) is 0 Å². The number of rotatable bonds is 7. The Labute approximate surface area is 92.2 Å². The second kappa shape index (κ2) is 7.79. The Morgan fingerprint density at radius 2 is 1.87 bits per heavy atom. The summed E-state index contributed by atoms with van der Waals surface area (Å²) in [5, 5.41) is 2.43. The van der Waals surface area contributed by atoms with Crippen LogP contribution in [-0.2, 0) is 4.79 Å². The van der Waals surface area contributed by atoms with Crippen LogP contribution < -0.4 is 5.32 Å². The number of unbranched alkanes of at least 4 members (excludes halogenated alkanes) is 2. The van der Waals surface area contributed by atoms with Gasteiger partial charge in [-0.25, -0.2) is 0 Å². The average molecular weight is 246 g/mol. The monoisotopic (exact) mass is 245 g/mol. The van der Waals surface area contributed by atoms with Gasteiger partial charge < -0.3 is 5.32 Å². The molecule has 1 amide bonds. The molecule has 0 atom stereocenters. The standard InChI is InChI=1S/C9H15ClF3NO/c10-6-2-1-3-7-14-8(15)4-5-9(11,12)13/h1-7H2,(H,14,15). The fraction of sp³-hybridized carbons (Fsp3) is 0.889. The predicted molar refractivity (Wildman–Crippen MR) is 52.9 cm³/mol. The zero-order chi connectivity index (χ0) is 11.7. The molecule has 0 radical (unpaired) electrons. The van der Waals surface area contributed by atoms with Gasteiger partial charge in [0.25, 0.3) is 0 Å². The molecule has 0 aliphatic rings. The summed E-state index contributed by atoms with van der Waals surface area (Å²) in [6.45, 7) is 0.424. The molecule has 0 aliphatic carbocycles. The first-order chi connectivity index (χ1) is 6.95. The second-order valence-corrected chi connectivity index (χ2v) is 3.59. The zero-order valence-corrected chi connectivity index (χ0v) is 9.13. The molecule has 1 N–H and O–H groups in total. The van der Waals surface area contributed by atoms with Gasteiger partial charge in [0.2, 0.25) is 5.91 Å². The lowest BCUT2D eigenvalue weighted by Crippen LogP contribution is -2.25. The van der Waals surface area contributed by atoms with E-state index in [1.54, 1.807) is 0 Å². The van der Waals surface area contributed by atoms with Gasteiger partial charge in [-0.1, -0.05) is 6.42 Å². The lowest BCUT2D eigenvalue weighted by molar-refractivity contribution is -0.144. The van der Waals surface area contributed by atoms with E-state index >= 15 is 0 Å². The van der Waals surface area contributed by atoms with Gasteiger partial charge in [0.1, 0.15) is 0 Å². The van der Waals surface area contributed by atoms with E-state index in [9.17, 15) is 18.0 Å². The van der Waals surface area contributed by atoms with E-state index in [-0.39, 0.29) is 0 Å². The highest BCUT2D eigenvalue weighted by Gasteiger charge is 2.27. The summed E-state index contributed by atoms with van der Waals surface area (Å²) in [5.41, 5.74) is 0. The molecule has 0 aromatic rings. The molecule has 0 aliphatic heterocycles. The number of hydrogen-bond donors (Lipinski definition) is 1. The SMILES string of the molecule is O=C(CCC(F)(F)F)NCCCCCCl. The smallest absolute Gasteiger partial charge is 0.356 e. The predicted octanol–water partition coefficient (Wildman–Crippen LogP) is 2.85. The van der Waals surface area contributed by atoms with Gasteiger partial charge in [0, 0.05) is 18.8 Å². The van der Waals surface area contributed by atoms with Crippen molar-refractivity contribution in [2.24, 2.45) is 0 Å². The van der Waals surface area contributed by atoms with Gasteiger partial charge in [-0.05, 0) is 12.8 Å². The molecule has 90 valence electrons. The fourth-order valence-corrected chi connectivity index (χ4v) is 1.16. The van der Waals surface area contributed by atoms with Crippen LogP contribution in [0.5, 0.6) is 0 Å². The van der Waals surface area contributed by atoms with Crippen LogP contribution >= 0.6 is 11.6 Å². The van der Waals surface area contributed by atoms with Crippen LogP contribution in [0.2, 0.25) is 0 Å². The first kappa shape index (κ1) is 14.6. The summed E-state index contributed by atoms with van der Waals surface area (Å²) >= 11 is 5.43. The van der Waals surface area contributed by atoms with Crippen LogP contribution in [0.4, 0.5) is 13.2 Å². The molecule has 0 bridgehead atoms. The molecule has 0 aromatic carbocycles. The Bertz CT molecular complexity index is 185. The van der Waals surface area contributed by atoms with E-state index < -0.39 is 24.9 Å². The Morgan fingerprint density at radius 1 is 1.20 bits per heavy atom. The van der Waals surface area contributed by atoms with Crippen LogP contribution in [0.15, 0.2) is 0 Å². The van der Waals surface area contributed by atoms with Gasteiger partial charge >= 0.3 is 6.18 Å². The van der Waals surface area contributed by atoms with E-state index in [2.05, 4.69) is 5.32 Å². The van der Waals surface area contributed by atoms with Gasteiger partial charge in [-0.3, -0.25) is 4.79 Å². The summed E-state index contributed by atoms with van der Waals surface area (Å²) in [4.78, 5) is 10.9. The minimum atomic E-state index is -4.25. The Hall–Kier alpha value is -0.450. The Balaban J connectivity index is 3.34. The Morgan fingerprint density at radius 3 is 2.40 bits per heavy atom. The molecule has 6 heteroatoms. The average Bonchev–Trinajstić information content (AvgIpc) is 2.13.